The molecular formula is C21H19F6NO3. The zero-order valence-electron chi connectivity index (χ0n) is 16.2. The van der Waals surface area contributed by atoms with Crippen molar-refractivity contribution >= 4 is 5.91 Å². The van der Waals surface area contributed by atoms with Crippen molar-refractivity contribution in [3.8, 4) is 5.75 Å². The van der Waals surface area contributed by atoms with E-state index in [0.29, 0.717) is 24.9 Å². The van der Waals surface area contributed by atoms with Crippen LogP contribution in [0.1, 0.15) is 34.3 Å². The van der Waals surface area contributed by atoms with Gasteiger partial charge >= 0.3 is 12.5 Å². The number of amides is 1. The van der Waals surface area contributed by atoms with Crippen LogP contribution in [0.5, 0.6) is 5.75 Å². The Labute approximate surface area is 174 Å². The lowest BCUT2D eigenvalue weighted by Gasteiger charge is -2.33. The van der Waals surface area contributed by atoms with E-state index in [4.69, 9.17) is 4.74 Å². The van der Waals surface area contributed by atoms with Crippen LogP contribution < -0.4 is 4.74 Å². The molecule has 0 N–H and O–H groups in total. The van der Waals surface area contributed by atoms with Crippen LogP contribution in [0.3, 0.4) is 0 Å². The van der Waals surface area contributed by atoms with Gasteiger partial charge in [0.15, 0.2) is 0 Å². The minimum atomic E-state index is -4.79. The van der Waals surface area contributed by atoms with E-state index in [1.54, 1.807) is 6.07 Å². The number of carbonyl (C=O) groups excluding carboxylic acids is 1. The maximum atomic E-state index is 12.7. The van der Waals surface area contributed by atoms with E-state index in [2.05, 4.69) is 4.74 Å². The Bertz CT molecular complexity index is 895. The van der Waals surface area contributed by atoms with Crippen molar-refractivity contribution in [2.45, 2.75) is 38.1 Å². The maximum absolute atomic E-state index is 12.7. The number of ether oxygens (including phenoxy) is 2. The largest absolute Gasteiger partial charge is 0.573 e. The van der Waals surface area contributed by atoms with Crippen molar-refractivity contribution in [2.75, 3.05) is 13.1 Å². The highest BCUT2D eigenvalue weighted by molar-refractivity contribution is 5.94. The van der Waals surface area contributed by atoms with Gasteiger partial charge in [-0.3, -0.25) is 4.79 Å². The van der Waals surface area contributed by atoms with E-state index in [1.807, 2.05) is 0 Å². The molecular weight excluding hydrogens is 428 g/mol. The van der Waals surface area contributed by atoms with Crippen LogP contribution in [0.25, 0.3) is 0 Å². The van der Waals surface area contributed by atoms with Crippen LogP contribution in [-0.4, -0.2) is 36.4 Å². The van der Waals surface area contributed by atoms with E-state index >= 15 is 0 Å². The fraction of sp³-hybridized carbons (Fsp3) is 0.381. The second-order valence-electron chi connectivity index (χ2n) is 7.10. The summed E-state index contributed by atoms with van der Waals surface area (Å²) in [7, 11) is 0. The molecule has 0 saturated carbocycles. The van der Waals surface area contributed by atoms with Gasteiger partial charge in [-0.15, -0.1) is 13.2 Å². The average molecular weight is 447 g/mol. The molecule has 0 aromatic heterocycles. The summed E-state index contributed by atoms with van der Waals surface area (Å²) in [5.74, 6) is -0.751. The molecule has 1 aliphatic rings. The van der Waals surface area contributed by atoms with Gasteiger partial charge in [0.05, 0.1) is 18.3 Å². The van der Waals surface area contributed by atoms with E-state index in [0.717, 1.165) is 24.3 Å². The summed E-state index contributed by atoms with van der Waals surface area (Å²) in [6.45, 7) is 0.704. The third-order valence-corrected chi connectivity index (χ3v) is 4.74. The van der Waals surface area contributed by atoms with E-state index in [-0.39, 0.29) is 30.6 Å². The number of likely N-dealkylation sites (tertiary alicyclic amines) is 1. The number of benzene rings is 2. The van der Waals surface area contributed by atoms with Crippen molar-refractivity contribution in [3.63, 3.8) is 0 Å². The molecule has 4 nitrogen and oxygen atoms in total. The Hall–Kier alpha value is -2.75. The van der Waals surface area contributed by atoms with Crippen molar-refractivity contribution in [2.24, 2.45) is 0 Å². The number of rotatable bonds is 5. The third-order valence-electron chi connectivity index (χ3n) is 4.74. The molecule has 1 saturated heterocycles. The highest BCUT2D eigenvalue weighted by Gasteiger charge is 2.32. The number of hydrogen-bond acceptors (Lipinski definition) is 3. The summed E-state index contributed by atoms with van der Waals surface area (Å²) < 4.78 is 84.7. The fourth-order valence-electron chi connectivity index (χ4n) is 3.29. The minimum absolute atomic E-state index is 0.0298. The van der Waals surface area contributed by atoms with Gasteiger partial charge in [0.2, 0.25) is 0 Å². The van der Waals surface area contributed by atoms with Gasteiger partial charge in [0, 0.05) is 18.7 Å². The zero-order chi connectivity index (χ0) is 22.6. The molecule has 0 spiro atoms. The first-order valence-corrected chi connectivity index (χ1v) is 9.44. The Morgan fingerprint density at radius 1 is 1.03 bits per heavy atom. The first kappa shape index (κ1) is 22.9. The zero-order valence-corrected chi connectivity index (χ0v) is 16.2. The number of hydrogen-bond donors (Lipinski definition) is 0. The van der Waals surface area contributed by atoms with Crippen LogP contribution in [0.2, 0.25) is 0 Å². The molecule has 0 bridgehead atoms. The minimum Gasteiger partial charge on any atom is -0.406 e. The fourth-order valence-corrected chi connectivity index (χ4v) is 3.29. The first-order valence-electron chi connectivity index (χ1n) is 9.44. The van der Waals surface area contributed by atoms with Gasteiger partial charge in [-0.1, -0.05) is 12.1 Å². The number of carbonyl (C=O) groups is 1. The molecule has 3 rings (SSSR count). The number of nitrogens with zero attached hydrogens (tertiary/aromatic N) is 1. The monoisotopic (exact) mass is 447 g/mol. The van der Waals surface area contributed by atoms with E-state index in [1.165, 1.54) is 23.1 Å². The summed E-state index contributed by atoms with van der Waals surface area (Å²) in [6.07, 6.45) is -8.33. The maximum Gasteiger partial charge on any atom is 0.573 e. The summed E-state index contributed by atoms with van der Waals surface area (Å²) >= 11 is 0. The summed E-state index contributed by atoms with van der Waals surface area (Å²) in [4.78, 5) is 14.1. The number of alkyl halides is 6. The van der Waals surface area contributed by atoms with Crippen molar-refractivity contribution in [3.05, 3.63) is 65.2 Å². The average Bonchev–Trinajstić information content (AvgIpc) is 2.70. The van der Waals surface area contributed by atoms with Crippen molar-refractivity contribution in [1.82, 2.24) is 4.90 Å². The lowest BCUT2D eigenvalue weighted by molar-refractivity contribution is -0.274. The van der Waals surface area contributed by atoms with E-state index < -0.39 is 24.0 Å². The lowest BCUT2D eigenvalue weighted by atomic mass is 10.1. The van der Waals surface area contributed by atoms with Gasteiger partial charge in [-0.25, -0.2) is 0 Å². The predicted octanol–water partition coefficient (Wildman–Crippen LogP) is 5.43. The molecule has 31 heavy (non-hydrogen) atoms. The quantitative estimate of drug-likeness (QED) is 0.575. The predicted molar refractivity (Wildman–Crippen MR) is 98.3 cm³/mol. The second kappa shape index (κ2) is 9.17. The van der Waals surface area contributed by atoms with Crippen molar-refractivity contribution < 1.29 is 40.6 Å². The van der Waals surface area contributed by atoms with Crippen molar-refractivity contribution in [1.29, 1.82) is 0 Å². The van der Waals surface area contributed by atoms with Crippen LogP contribution in [0, 0.1) is 0 Å². The lowest BCUT2D eigenvalue weighted by Crippen LogP contribution is -2.43. The van der Waals surface area contributed by atoms with Crippen LogP contribution >= 0.6 is 0 Å². The molecule has 0 unspecified atom stereocenters. The van der Waals surface area contributed by atoms with Crippen LogP contribution in [0.4, 0.5) is 26.3 Å². The van der Waals surface area contributed by atoms with Gasteiger partial charge < -0.3 is 14.4 Å². The molecule has 2 aromatic carbocycles. The van der Waals surface area contributed by atoms with Gasteiger partial charge in [0.25, 0.3) is 5.91 Å². The van der Waals surface area contributed by atoms with E-state index in [9.17, 15) is 31.1 Å². The molecule has 1 heterocycles. The number of halogens is 6. The standard InChI is InChI=1S/C21H19F6NO3/c22-20(23,24)16-8-6-15(7-9-16)19(29)28-10-2-5-18(12-28)30-13-14-3-1-4-17(11-14)31-21(25,26)27/h1,3-4,6-9,11,18H,2,5,10,12-13H2/t18-/m0/s1. The SMILES string of the molecule is O=C(c1ccc(C(F)(F)F)cc1)N1CCC[C@H](OCc2cccc(OC(F)(F)F)c2)C1. The van der Waals surface area contributed by atoms with Crippen LogP contribution in [-0.2, 0) is 17.5 Å². The highest BCUT2D eigenvalue weighted by atomic mass is 19.4. The normalized spacial score (nSPS) is 17.5. The molecule has 1 aliphatic heterocycles. The third kappa shape index (κ3) is 6.61. The number of piperidine rings is 1. The Kier molecular flexibility index (Phi) is 6.78. The molecule has 2 aromatic rings. The molecule has 10 heteroatoms. The molecule has 168 valence electrons. The van der Waals surface area contributed by atoms with Gasteiger partial charge in [-0.05, 0) is 54.8 Å². The smallest absolute Gasteiger partial charge is 0.406 e. The van der Waals surface area contributed by atoms with Gasteiger partial charge in [0.1, 0.15) is 5.75 Å². The first-order chi connectivity index (χ1) is 14.5. The Morgan fingerprint density at radius 2 is 1.74 bits per heavy atom. The second-order valence-corrected chi connectivity index (χ2v) is 7.10. The highest BCUT2D eigenvalue weighted by Crippen LogP contribution is 2.29. The molecule has 0 radical (unpaired) electrons. The van der Waals surface area contributed by atoms with Gasteiger partial charge in [-0.2, -0.15) is 13.2 Å². The summed E-state index contributed by atoms with van der Waals surface area (Å²) in [6, 6.07) is 9.42. The Balaban J connectivity index is 1.57. The van der Waals surface area contributed by atoms with Crippen LogP contribution in [0.15, 0.2) is 48.5 Å². The summed E-state index contributed by atoms with van der Waals surface area (Å²) in [5.41, 5.74) is -0.209. The summed E-state index contributed by atoms with van der Waals surface area (Å²) in [5, 5.41) is 0. The molecule has 1 fully saturated rings. The topological polar surface area (TPSA) is 38.8 Å². The molecule has 1 atom stereocenters. The molecule has 0 aliphatic carbocycles. The molecule has 1 amide bonds. The Morgan fingerprint density at radius 3 is 2.39 bits per heavy atom.